The van der Waals surface area contributed by atoms with Crippen molar-refractivity contribution in [2.75, 3.05) is 0 Å². The minimum absolute atomic E-state index is 0.0815. The van der Waals surface area contributed by atoms with E-state index in [9.17, 15) is 9.90 Å². The molecule has 3 rings (SSSR count). The van der Waals surface area contributed by atoms with Crippen LogP contribution in [0.2, 0.25) is 0 Å². The van der Waals surface area contributed by atoms with Gasteiger partial charge in [0.2, 0.25) is 0 Å². The second-order valence-corrected chi connectivity index (χ2v) is 4.05. The van der Waals surface area contributed by atoms with Crippen LogP contribution in [0.25, 0.3) is 22.2 Å². The van der Waals surface area contributed by atoms with Gasteiger partial charge in [-0.05, 0) is 25.1 Å². The molecule has 5 heteroatoms. The molecule has 0 spiro atoms. The van der Waals surface area contributed by atoms with Crippen LogP contribution in [-0.4, -0.2) is 15.3 Å². The summed E-state index contributed by atoms with van der Waals surface area (Å²) in [6.45, 7) is 1.82. The van der Waals surface area contributed by atoms with E-state index in [4.69, 9.17) is 4.42 Å². The Kier molecular flexibility index (Phi) is 2.19. The zero-order valence-corrected chi connectivity index (χ0v) is 9.60. The van der Waals surface area contributed by atoms with Crippen molar-refractivity contribution in [3.63, 3.8) is 0 Å². The predicted molar refractivity (Wildman–Crippen MR) is 66.5 cm³/mol. The van der Waals surface area contributed by atoms with Crippen LogP contribution in [0.4, 0.5) is 0 Å². The molecule has 90 valence electrons. The molecule has 2 heterocycles. The Bertz CT molecular complexity index is 786. The van der Waals surface area contributed by atoms with E-state index in [1.165, 1.54) is 0 Å². The molecule has 0 aliphatic carbocycles. The highest BCUT2D eigenvalue weighted by Gasteiger charge is 2.17. The molecule has 18 heavy (non-hydrogen) atoms. The maximum Gasteiger partial charge on any atom is 0.349 e. The average Bonchev–Trinajstić information content (AvgIpc) is 2.76. The van der Waals surface area contributed by atoms with Crippen molar-refractivity contribution in [1.29, 1.82) is 0 Å². The van der Waals surface area contributed by atoms with Crippen molar-refractivity contribution >= 4 is 11.0 Å². The number of fused-ring (bicyclic) bond motifs is 1. The van der Waals surface area contributed by atoms with Crippen LogP contribution in [0.3, 0.4) is 0 Å². The topological polar surface area (TPSA) is 79.1 Å². The van der Waals surface area contributed by atoms with Gasteiger partial charge < -0.3 is 9.52 Å². The highest BCUT2D eigenvalue weighted by molar-refractivity contribution is 5.89. The minimum Gasteiger partial charge on any atom is -0.506 e. The number of nitrogens with zero attached hydrogens (tertiary/aromatic N) is 1. The molecule has 2 aromatic heterocycles. The van der Waals surface area contributed by atoms with Crippen LogP contribution in [0, 0.1) is 6.92 Å². The fourth-order valence-electron chi connectivity index (χ4n) is 1.91. The van der Waals surface area contributed by atoms with Gasteiger partial charge in [0.1, 0.15) is 22.6 Å². The maximum absolute atomic E-state index is 11.9. The number of hydrogen-bond donors (Lipinski definition) is 2. The van der Waals surface area contributed by atoms with Crippen LogP contribution < -0.4 is 5.63 Å². The first-order chi connectivity index (χ1) is 8.66. The largest absolute Gasteiger partial charge is 0.506 e. The number of aryl methyl sites for hydroxylation is 1. The minimum atomic E-state index is -0.599. The van der Waals surface area contributed by atoms with E-state index in [-0.39, 0.29) is 11.3 Å². The number of aromatic amines is 1. The van der Waals surface area contributed by atoms with E-state index in [2.05, 4.69) is 10.2 Å². The summed E-state index contributed by atoms with van der Waals surface area (Å²) in [4.78, 5) is 11.9. The number of aromatic nitrogens is 2. The Morgan fingerprint density at radius 3 is 2.83 bits per heavy atom. The molecule has 0 fully saturated rings. The lowest BCUT2D eigenvalue weighted by Crippen LogP contribution is -2.03. The Hall–Kier alpha value is -2.56. The first kappa shape index (κ1) is 10.6. The number of para-hydroxylation sites is 1. The van der Waals surface area contributed by atoms with Gasteiger partial charge in [0, 0.05) is 5.69 Å². The van der Waals surface area contributed by atoms with E-state index >= 15 is 0 Å². The van der Waals surface area contributed by atoms with Gasteiger partial charge in [-0.2, -0.15) is 5.10 Å². The molecule has 3 aromatic rings. The Morgan fingerprint density at radius 1 is 1.33 bits per heavy atom. The first-order valence-electron chi connectivity index (χ1n) is 5.44. The number of nitrogens with one attached hydrogen (secondary N) is 1. The summed E-state index contributed by atoms with van der Waals surface area (Å²) in [5.74, 6) is -0.103. The molecular formula is C13H10N2O3. The van der Waals surface area contributed by atoms with Crippen LogP contribution >= 0.6 is 0 Å². The normalized spacial score (nSPS) is 10.9. The quantitative estimate of drug-likeness (QED) is 0.641. The molecule has 0 unspecified atom stereocenters. The van der Waals surface area contributed by atoms with Crippen molar-refractivity contribution in [1.82, 2.24) is 10.2 Å². The summed E-state index contributed by atoms with van der Waals surface area (Å²) >= 11 is 0. The third-order valence-electron chi connectivity index (χ3n) is 2.75. The van der Waals surface area contributed by atoms with E-state index in [1.807, 2.05) is 6.92 Å². The van der Waals surface area contributed by atoms with Crippen molar-refractivity contribution in [3.05, 3.63) is 46.4 Å². The zero-order chi connectivity index (χ0) is 12.7. The lowest BCUT2D eigenvalue weighted by molar-refractivity contribution is 0.471. The highest BCUT2D eigenvalue weighted by Crippen LogP contribution is 2.31. The SMILES string of the molecule is Cc1cc(-c2c(O)c3ccccc3oc2=O)n[nH]1. The van der Waals surface area contributed by atoms with Crippen LogP contribution in [-0.2, 0) is 0 Å². The van der Waals surface area contributed by atoms with Crippen molar-refractivity contribution < 1.29 is 9.52 Å². The van der Waals surface area contributed by atoms with E-state index in [1.54, 1.807) is 30.3 Å². The number of aromatic hydroxyl groups is 1. The summed E-state index contributed by atoms with van der Waals surface area (Å²) in [5, 5.41) is 17.4. The molecule has 0 saturated heterocycles. The molecular weight excluding hydrogens is 232 g/mol. The van der Waals surface area contributed by atoms with Gasteiger partial charge in [0.15, 0.2) is 0 Å². The maximum atomic E-state index is 11.9. The van der Waals surface area contributed by atoms with Gasteiger partial charge in [-0.1, -0.05) is 12.1 Å². The third-order valence-corrected chi connectivity index (χ3v) is 2.75. The van der Waals surface area contributed by atoms with Gasteiger partial charge in [-0.3, -0.25) is 5.10 Å². The van der Waals surface area contributed by atoms with Crippen LogP contribution in [0.1, 0.15) is 5.69 Å². The number of benzene rings is 1. The third kappa shape index (κ3) is 1.48. The molecule has 0 bridgehead atoms. The standard InChI is InChI=1S/C13H10N2O3/c1-7-6-9(15-14-7)11-12(16)8-4-2-3-5-10(8)18-13(11)17/h2-6,16H,1H3,(H,14,15). The fourth-order valence-corrected chi connectivity index (χ4v) is 1.91. The molecule has 0 aliphatic heterocycles. The molecule has 5 nitrogen and oxygen atoms in total. The molecule has 0 saturated carbocycles. The van der Waals surface area contributed by atoms with Gasteiger partial charge in [0.05, 0.1) is 5.39 Å². The van der Waals surface area contributed by atoms with E-state index in [0.29, 0.717) is 16.7 Å². The highest BCUT2D eigenvalue weighted by atomic mass is 16.4. The molecule has 0 amide bonds. The molecule has 0 radical (unpaired) electrons. The Balaban J connectivity index is 2.39. The van der Waals surface area contributed by atoms with Crippen molar-refractivity contribution in [2.45, 2.75) is 6.92 Å². The molecule has 2 N–H and O–H groups in total. The summed E-state index contributed by atoms with van der Waals surface area (Å²) in [6, 6.07) is 8.51. The van der Waals surface area contributed by atoms with Crippen molar-refractivity contribution in [2.24, 2.45) is 0 Å². The van der Waals surface area contributed by atoms with E-state index < -0.39 is 5.63 Å². The lowest BCUT2D eigenvalue weighted by atomic mass is 10.1. The van der Waals surface area contributed by atoms with Gasteiger partial charge in [0.25, 0.3) is 0 Å². The number of H-pyrrole nitrogens is 1. The Morgan fingerprint density at radius 2 is 2.11 bits per heavy atom. The number of rotatable bonds is 1. The lowest BCUT2D eigenvalue weighted by Gasteiger charge is -2.03. The van der Waals surface area contributed by atoms with Gasteiger partial charge >= 0.3 is 5.63 Å². The van der Waals surface area contributed by atoms with Gasteiger partial charge in [-0.15, -0.1) is 0 Å². The van der Waals surface area contributed by atoms with Crippen LogP contribution in [0.5, 0.6) is 5.75 Å². The second-order valence-electron chi connectivity index (χ2n) is 4.05. The van der Waals surface area contributed by atoms with Gasteiger partial charge in [-0.25, -0.2) is 4.79 Å². The number of hydrogen-bond acceptors (Lipinski definition) is 4. The Labute approximate surface area is 102 Å². The fraction of sp³-hybridized carbons (Fsp3) is 0.0769. The second kappa shape index (κ2) is 3.73. The predicted octanol–water partition coefficient (Wildman–Crippen LogP) is 2.20. The molecule has 1 aromatic carbocycles. The van der Waals surface area contributed by atoms with E-state index in [0.717, 1.165) is 5.69 Å². The summed E-state index contributed by atoms with van der Waals surface area (Å²) in [5.41, 5.74) is 1.02. The van der Waals surface area contributed by atoms with Crippen LogP contribution in [0.15, 0.2) is 39.5 Å². The smallest absolute Gasteiger partial charge is 0.349 e. The molecule has 0 atom stereocenters. The summed E-state index contributed by atoms with van der Waals surface area (Å²) in [7, 11) is 0. The zero-order valence-electron chi connectivity index (χ0n) is 9.60. The monoisotopic (exact) mass is 242 g/mol. The van der Waals surface area contributed by atoms with Crippen molar-refractivity contribution in [3.8, 4) is 17.0 Å². The first-order valence-corrected chi connectivity index (χ1v) is 5.44. The average molecular weight is 242 g/mol. The molecule has 0 aliphatic rings. The summed E-state index contributed by atoms with van der Waals surface area (Å²) in [6.07, 6.45) is 0. The summed E-state index contributed by atoms with van der Waals surface area (Å²) < 4.78 is 5.17.